The van der Waals surface area contributed by atoms with E-state index in [4.69, 9.17) is 0 Å². The minimum atomic E-state index is -4.82. The van der Waals surface area contributed by atoms with E-state index in [2.05, 4.69) is 9.72 Å². The summed E-state index contributed by atoms with van der Waals surface area (Å²) in [4.78, 5) is 14.1. The Morgan fingerprint density at radius 1 is 1.53 bits per heavy atom. The Bertz CT molecular complexity index is 392. The smallest absolute Gasteiger partial charge is 0.402 e. The molecule has 3 nitrogen and oxygen atoms in total. The van der Waals surface area contributed by atoms with Gasteiger partial charge in [0.1, 0.15) is 5.69 Å². The van der Waals surface area contributed by atoms with Crippen molar-refractivity contribution < 1.29 is 22.7 Å². The number of nitrogens with zero attached hydrogens (tertiary/aromatic N) is 1. The molecule has 0 amide bonds. The number of pyridine rings is 1. The average molecular weight is 331 g/mol. The summed E-state index contributed by atoms with van der Waals surface area (Å²) in [6, 6.07) is 1.40. The summed E-state index contributed by atoms with van der Waals surface area (Å²) in [7, 11) is 0. The molecule has 0 unspecified atom stereocenters. The molecular weight excluding hydrogens is 326 g/mol. The molecule has 1 aromatic heterocycles. The summed E-state index contributed by atoms with van der Waals surface area (Å²) in [5.41, 5.74) is 0.104. The minimum Gasteiger partial charge on any atom is -0.402 e. The first-order valence-electron chi connectivity index (χ1n) is 3.71. The van der Waals surface area contributed by atoms with Gasteiger partial charge in [-0.3, -0.25) is 4.79 Å². The summed E-state index contributed by atoms with van der Waals surface area (Å²) >= 11 is 1.65. The largest absolute Gasteiger partial charge is 0.573 e. The number of rotatable bonds is 2. The van der Waals surface area contributed by atoms with Crippen LogP contribution < -0.4 is 4.74 Å². The van der Waals surface area contributed by atoms with Crippen LogP contribution >= 0.6 is 22.6 Å². The Labute approximate surface area is 96.8 Å². The highest BCUT2D eigenvalue weighted by molar-refractivity contribution is 14.1. The fourth-order valence-electron chi connectivity index (χ4n) is 0.941. The Morgan fingerprint density at radius 2 is 2.13 bits per heavy atom. The summed E-state index contributed by atoms with van der Waals surface area (Å²) in [6.07, 6.45) is -4.59. The topological polar surface area (TPSA) is 39.2 Å². The highest BCUT2D eigenvalue weighted by Gasteiger charge is 2.33. The number of halogens is 4. The third-order valence-corrected chi connectivity index (χ3v) is 2.21. The highest BCUT2D eigenvalue weighted by Crippen LogP contribution is 2.29. The molecule has 82 valence electrons. The molecule has 0 fully saturated rings. The third-order valence-electron chi connectivity index (χ3n) is 1.41. The second-order valence-corrected chi connectivity index (χ2v) is 3.79. The van der Waals surface area contributed by atoms with Crippen molar-refractivity contribution in [2.45, 2.75) is 13.3 Å². The van der Waals surface area contributed by atoms with Gasteiger partial charge in [-0.25, -0.2) is 4.98 Å². The average Bonchev–Trinajstić information content (AvgIpc) is 2.07. The SMILES string of the molecule is Cc1cc(I)c(OC(F)(F)F)c(C=O)n1. The number of hydrogen-bond acceptors (Lipinski definition) is 3. The maximum atomic E-state index is 12.0. The standard InChI is InChI=1S/C8H5F3INO2/c1-4-2-5(12)7(6(3-14)13-4)15-8(9,10)11/h2-3H,1H3. The molecule has 15 heavy (non-hydrogen) atoms. The van der Waals surface area contributed by atoms with Crippen LogP contribution in [0, 0.1) is 10.5 Å². The molecule has 1 heterocycles. The Balaban J connectivity index is 3.21. The van der Waals surface area contributed by atoms with Gasteiger partial charge in [0.2, 0.25) is 0 Å². The van der Waals surface area contributed by atoms with Gasteiger partial charge in [0.05, 0.1) is 3.57 Å². The van der Waals surface area contributed by atoms with Crippen LogP contribution in [0.4, 0.5) is 13.2 Å². The van der Waals surface area contributed by atoms with Crippen molar-refractivity contribution in [3.05, 3.63) is 21.0 Å². The van der Waals surface area contributed by atoms with E-state index in [1.165, 1.54) is 6.07 Å². The van der Waals surface area contributed by atoms with E-state index < -0.39 is 12.1 Å². The first-order chi connectivity index (χ1) is 6.83. The fraction of sp³-hybridized carbons (Fsp3) is 0.250. The van der Waals surface area contributed by atoms with Crippen molar-refractivity contribution in [3.8, 4) is 5.75 Å². The minimum absolute atomic E-state index is 0.194. The number of aryl methyl sites for hydroxylation is 1. The predicted octanol–water partition coefficient (Wildman–Crippen LogP) is 2.71. The molecule has 0 aliphatic carbocycles. The first kappa shape index (κ1) is 12.2. The number of hydrogen-bond donors (Lipinski definition) is 0. The molecular formula is C8H5F3INO2. The molecule has 0 atom stereocenters. The van der Waals surface area contributed by atoms with Gasteiger partial charge >= 0.3 is 6.36 Å². The summed E-state index contributed by atoms with van der Waals surface area (Å²) < 4.78 is 39.8. The number of carbonyl (C=O) groups is 1. The zero-order valence-corrected chi connectivity index (χ0v) is 9.59. The van der Waals surface area contributed by atoms with Crippen LogP contribution in [0.2, 0.25) is 0 Å². The summed E-state index contributed by atoms with van der Waals surface area (Å²) in [5.74, 6) is -0.552. The molecule has 1 rings (SSSR count). The van der Waals surface area contributed by atoms with E-state index in [0.29, 0.717) is 5.69 Å². The van der Waals surface area contributed by atoms with E-state index in [1.54, 1.807) is 29.5 Å². The Hall–Kier alpha value is -0.860. The van der Waals surface area contributed by atoms with Crippen LogP contribution in [0.15, 0.2) is 6.07 Å². The summed E-state index contributed by atoms with van der Waals surface area (Å²) in [5, 5.41) is 0. The van der Waals surface area contributed by atoms with E-state index in [0.717, 1.165) is 0 Å². The zero-order chi connectivity index (χ0) is 11.6. The van der Waals surface area contributed by atoms with Gasteiger partial charge < -0.3 is 4.74 Å². The molecule has 0 N–H and O–H groups in total. The number of alkyl halides is 3. The van der Waals surface area contributed by atoms with E-state index in [9.17, 15) is 18.0 Å². The maximum absolute atomic E-state index is 12.0. The molecule has 0 saturated heterocycles. The van der Waals surface area contributed by atoms with Crippen molar-refractivity contribution in [3.63, 3.8) is 0 Å². The van der Waals surface area contributed by atoms with Crippen LogP contribution in [0.25, 0.3) is 0 Å². The van der Waals surface area contributed by atoms with Crippen molar-refractivity contribution in [1.82, 2.24) is 4.98 Å². The van der Waals surface area contributed by atoms with Crippen molar-refractivity contribution in [2.75, 3.05) is 0 Å². The quantitative estimate of drug-likeness (QED) is 0.618. The lowest BCUT2D eigenvalue weighted by molar-refractivity contribution is -0.275. The Morgan fingerprint density at radius 3 is 2.60 bits per heavy atom. The maximum Gasteiger partial charge on any atom is 0.573 e. The highest BCUT2D eigenvalue weighted by atomic mass is 127. The van der Waals surface area contributed by atoms with Crippen molar-refractivity contribution in [1.29, 1.82) is 0 Å². The van der Waals surface area contributed by atoms with Gasteiger partial charge in [-0.2, -0.15) is 0 Å². The molecule has 1 aromatic rings. The second kappa shape index (κ2) is 4.33. The predicted molar refractivity (Wildman–Crippen MR) is 53.8 cm³/mol. The second-order valence-electron chi connectivity index (χ2n) is 2.63. The van der Waals surface area contributed by atoms with Gasteiger partial charge in [0.15, 0.2) is 12.0 Å². The van der Waals surface area contributed by atoms with Gasteiger partial charge in [0, 0.05) is 5.69 Å². The van der Waals surface area contributed by atoms with Gasteiger partial charge in [-0.15, -0.1) is 13.2 Å². The summed E-state index contributed by atoms with van der Waals surface area (Å²) in [6.45, 7) is 1.58. The van der Waals surface area contributed by atoms with Crippen LogP contribution in [0.5, 0.6) is 5.75 Å². The fourth-order valence-corrected chi connectivity index (χ4v) is 1.78. The zero-order valence-electron chi connectivity index (χ0n) is 7.43. The molecule has 7 heteroatoms. The third kappa shape index (κ3) is 3.33. The van der Waals surface area contributed by atoms with E-state index in [1.807, 2.05) is 0 Å². The van der Waals surface area contributed by atoms with Crippen LogP contribution in [-0.2, 0) is 0 Å². The van der Waals surface area contributed by atoms with Crippen molar-refractivity contribution >= 4 is 28.9 Å². The van der Waals surface area contributed by atoms with Crippen molar-refractivity contribution in [2.24, 2.45) is 0 Å². The van der Waals surface area contributed by atoms with Crippen LogP contribution in [0.1, 0.15) is 16.2 Å². The molecule has 0 aliphatic heterocycles. The normalized spacial score (nSPS) is 11.3. The van der Waals surface area contributed by atoms with Gasteiger partial charge in [0.25, 0.3) is 0 Å². The molecule has 0 saturated carbocycles. The molecule has 0 aliphatic rings. The van der Waals surface area contributed by atoms with E-state index in [-0.39, 0.29) is 15.6 Å². The van der Waals surface area contributed by atoms with Gasteiger partial charge in [-0.1, -0.05) is 0 Å². The van der Waals surface area contributed by atoms with Crippen LogP contribution in [-0.4, -0.2) is 17.6 Å². The number of aldehydes is 1. The number of ether oxygens (including phenoxy) is 1. The number of carbonyl (C=O) groups excluding carboxylic acids is 1. The Kier molecular flexibility index (Phi) is 3.53. The molecule has 0 bridgehead atoms. The molecule has 0 aromatic carbocycles. The number of aromatic nitrogens is 1. The van der Waals surface area contributed by atoms with E-state index >= 15 is 0 Å². The molecule has 0 radical (unpaired) electrons. The van der Waals surface area contributed by atoms with Gasteiger partial charge in [-0.05, 0) is 35.6 Å². The van der Waals surface area contributed by atoms with Crippen LogP contribution in [0.3, 0.4) is 0 Å². The lowest BCUT2D eigenvalue weighted by Gasteiger charge is -2.12. The first-order valence-corrected chi connectivity index (χ1v) is 4.79. The monoisotopic (exact) mass is 331 g/mol. The lowest BCUT2D eigenvalue weighted by Crippen LogP contribution is -2.19. The molecule has 0 spiro atoms. The lowest BCUT2D eigenvalue weighted by atomic mass is 10.3.